The molecule has 3 heterocycles. The summed E-state index contributed by atoms with van der Waals surface area (Å²) in [4.78, 5) is 23.7. The molecule has 9 heteroatoms. The highest BCUT2D eigenvalue weighted by Crippen LogP contribution is 2.39. The second-order valence-corrected chi connectivity index (χ2v) is 8.91. The van der Waals surface area contributed by atoms with Gasteiger partial charge in [0.25, 0.3) is 5.56 Å². The fourth-order valence-corrected chi connectivity index (χ4v) is 4.41. The van der Waals surface area contributed by atoms with Gasteiger partial charge >= 0.3 is 6.18 Å². The monoisotopic (exact) mass is 420 g/mol. The zero-order chi connectivity index (χ0) is 21.1. The molecule has 0 unspecified atom stereocenters. The van der Waals surface area contributed by atoms with Crippen molar-refractivity contribution in [3.63, 3.8) is 0 Å². The Hall–Kier alpha value is -2.68. The number of allylic oxidation sites excluding steroid dienone is 4. The molecule has 0 saturated carbocycles. The summed E-state index contributed by atoms with van der Waals surface area (Å²) in [6.45, 7) is 3.96. The Bertz CT molecular complexity index is 1250. The smallest absolute Gasteiger partial charge is 0.377 e. The first-order valence-electron chi connectivity index (χ1n) is 8.98. The lowest BCUT2D eigenvalue weighted by Crippen LogP contribution is -2.29. The average molecular weight is 420 g/mol. The van der Waals surface area contributed by atoms with Gasteiger partial charge in [0.15, 0.2) is 0 Å². The third kappa shape index (κ3) is 3.23. The van der Waals surface area contributed by atoms with Crippen molar-refractivity contribution < 1.29 is 13.2 Å². The Labute approximate surface area is 168 Å². The van der Waals surface area contributed by atoms with E-state index in [1.165, 1.54) is 0 Å². The van der Waals surface area contributed by atoms with E-state index in [1.807, 2.05) is 19.9 Å². The van der Waals surface area contributed by atoms with Crippen LogP contribution in [0.2, 0.25) is 0 Å². The van der Waals surface area contributed by atoms with E-state index < -0.39 is 17.6 Å². The van der Waals surface area contributed by atoms with Crippen molar-refractivity contribution in [2.75, 3.05) is 19.0 Å². The molecule has 0 N–H and O–H groups in total. The molecule has 0 bridgehead atoms. The number of aromatic nitrogens is 3. The van der Waals surface area contributed by atoms with E-state index >= 15 is 0 Å². The molecule has 0 fully saturated rings. The summed E-state index contributed by atoms with van der Waals surface area (Å²) in [5.41, 5.74) is -0.0147. The Morgan fingerprint density at radius 3 is 2.59 bits per heavy atom. The summed E-state index contributed by atoms with van der Waals surface area (Å²) >= 11 is 1.06. The third-order valence-corrected chi connectivity index (χ3v) is 5.98. The van der Waals surface area contributed by atoms with E-state index in [1.54, 1.807) is 43.4 Å². The van der Waals surface area contributed by atoms with Crippen LogP contribution in [0.15, 0.2) is 35.3 Å². The lowest BCUT2D eigenvalue weighted by molar-refractivity contribution is -0.146. The minimum absolute atomic E-state index is 0.0380. The van der Waals surface area contributed by atoms with E-state index in [2.05, 4.69) is 9.97 Å². The molecule has 5 nitrogen and oxygen atoms in total. The minimum Gasteiger partial charge on any atom is -0.377 e. The minimum atomic E-state index is -4.79. The van der Waals surface area contributed by atoms with Crippen molar-refractivity contribution in [2.45, 2.75) is 26.4 Å². The van der Waals surface area contributed by atoms with E-state index in [-0.39, 0.29) is 21.3 Å². The van der Waals surface area contributed by atoms with Gasteiger partial charge in [-0.1, -0.05) is 26.0 Å². The first-order valence-corrected chi connectivity index (χ1v) is 9.80. The van der Waals surface area contributed by atoms with Crippen molar-refractivity contribution in [1.29, 1.82) is 0 Å². The SMILES string of the molecule is CN(C)c1ccnc2sc3c(=O)n(C4=CCC(C)(C)C=C4)c(C(F)(F)F)nc3c12. The molecule has 0 amide bonds. The second-order valence-electron chi connectivity index (χ2n) is 7.91. The molecular weight excluding hydrogens is 401 g/mol. The number of fused-ring (bicyclic) bond motifs is 3. The number of hydrogen-bond acceptors (Lipinski definition) is 5. The summed E-state index contributed by atoms with van der Waals surface area (Å²) in [7, 11) is 3.56. The number of rotatable bonds is 2. The normalized spacial score (nSPS) is 16.4. The van der Waals surface area contributed by atoms with Crippen LogP contribution in [-0.2, 0) is 6.18 Å². The maximum Gasteiger partial charge on any atom is 0.450 e. The summed E-state index contributed by atoms with van der Waals surface area (Å²) in [5, 5.41) is 0.460. The molecular formula is C20H19F3N4OS. The predicted molar refractivity (Wildman–Crippen MR) is 110 cm³/mol. The van der Waals surface area contributed by atoms with Crippen LogP contribution < -0.4 is 10.5 Å². The Balaban J connectivity index is 2.10. The zero-order valence-corrected chi connectivity index (χ0v) is 17.1. The van der Waals surface area contributed by atoms with Crippen LogP contribution in [-0.4, -0.2) is 28.6 Å². The van der Waals surface area contributed by atoms with Gasteiger partial charge in [-0.3, -0.25) is 9.36 Å². The maximum absolute atomic E-state index is 13.9. The van der Waals surface area contributed by atoms with Crippen LogP contribution in [0.3, 0.4) is 0 Å². The van der Waals surface area contributed by atoms with Gasteiger partial charge in [0.2, 0.25) is 5.82 Å². The van der Waals surface area contributed by atoms with Crippen molar-refractivity contribution in [2.24, 2.45) is 5.41 Å². The molecule has 0 aromatic carbocycles. The molecule has 3 aromatic heterocycles. The van der Waals surface area contributed by atoms with Gasteiger partial charge in [-0.25, -0.2) is 9.97 Å². The van der Waals surface area contributed by atoms with Crippen molar-refractivity contribution in [1.82, 2.24) is 14.5 Å². The van der Waals surface area contributed by atoms with Gasteiger partial charge < -0.3 is 4.90 Å². The molecule has 1 aliphatic rings. The molecule has 0 spiro atoms. The zero-order valence-electron chi connectivity index (χ0n) is 16.3. The van der Waals surface area contributed by atoms with Gasteiger partial charge in [-0.2, -0.15) is 13.2 Å². The van der Waals surface area contributed by atoms with Gasteiger partial charge in [0.05, 0.1) is 11.1 Å². The first kappa shape index (κ1) is 19.6. The predicted octanol–water partition coefficient (Wildman–Crippen LogP) is 4.92. The van der Waals surface area contributed by atoms with Gasteiger partial charge in [0.1, 0.15) is 15.0 Å². The number of nitrogens with zero attached hydrogens (tertiary/aromatic N) is 4. The molecule has 1 aliphatic carbocycles. The van der Waals surface area contributed by atoms with Crippen LogP contribution in [0.4, 0.5) is 18.9 Å². The molecule has 3 aromatic rings. The van der Waals surface area contributed by atoms with Crippen molar-refractivity contribution in [3.05, 3.63) is 46.7 Å². The Morgan fingerprint density at radius 1 is 1.28 bits per heavy atom. The van der Waals surface area contributed by atoms with E-state index in [0.29, 0.717) is 26.9 Å². The topological polar surface area (TPSA) is 51.0 Å². The highest BCUT2D eigenvalue weighted by atomic mass is 32.1. The standard InChI is InChI=1S/C20H19F3N4OS/c1-19(2)8-5-11(6-9-19)27-17(28)15-14(25-18(27)20(21,22)23)13-12(26(3)4)7-10-24-16(13)29-15/h5-8,10H,9H2,1-4H3. The van der Waals surface area contributed by atoms with Crippen LogP contribution >= 0.6 is 11.3 Å². The molecule has 152 valence electrons. The van der Waals surface area contributed by atoms with E-state index in [9.17, 15) is 18.0 Å². The average Bonchev–Trinajstić information content (AvgIpc) is 3.00. The summed E-state index contributed by atoms with van der Waals surface area (Å²) < 4.78 is 42.6. The molecule has 0 atom stereocenters. The second kappa shape index (κ2) is 6.41. The number of anilines is 1. The lowest BCUT2D eigenvalue weighted by Gasteiger charge is -2.24. The first-order chi connectivity index (χ1) is 13.5. The maximum atomic E-state index is 13.9. The lowest BCUT2D eigenvalue weighted by atomic mass is 9.85. The summed E-state index contributed by atoms with van der Waals surface area (Å²) in [5.74, 6) is -1.22. The number of pyridine rings is 1. The summed E-state index contributed by atoms with van der Waals surface area (Å²) in [6, 6.07) is 1.70. The van der Waals surface area contributed by atoms with Crippen LogP contribution in [0.25, 0.3) is 26.1 Å². The fraction of sp³-hybridized carbons (Fsp3) is 0.350. The number of thiophene rings is 1. The molecule has 4 rings (SSSR count). The highest BCUT2D eigenvalue weighted by molar-refractivity contribution is 7.25. The van der Waals surface area contributed by atoms with E-state index in [4.69, 9.17) is 0 Å². The fourth-order valence-electron chi connectivity index (χ4n) is 3.38. The van der Waals surface area contributed by atoms with Gasteiger partial charge in [-0.05, 0) is 24.0 Å². The molecule has 0 saturated heterocycles. The van der Waals surface area contributed by atoms with Crippen molar-refractivity contribution in [3.8, 4) is 0 Å². The number of halogens is 3. The Morgan fingerprint density at radius 2 is 2.00 bits per heavy atom. The van der Waals surface area contributed by atoms with Crippen molar-refractivity contribution >= 4 is 43.2 Å². The number of alkyl halides is 3. The quantitative estimate of drug-likeness (QED) is 0.591. The van der Waals surface area contributed by atoms with Crippen LogP contribution in [0.1, 0.15) is 26.1 Å². The van der Waals surface area contributed by atoms with Gasteiger partial charge in [-0.15, -0.1) is 11.3 Å². The third-order valence-electron chi connectivity index (χ3n) is 4.91. The molecule has 0 radical (unpaired) electrons. The van der Waals surface area contributed by atoms with E-state index in [0.717, 1.165) is 11.3 Å². The highest BCUT2D eigenvalue weighted by Gasteiger charge is 2.39. The molecule has 29 heavy (non-hydrogen) atoms. The largest absolute Gasteiger partial charge is 0.450 e. The van der Waals surface area contributed by atoms with Crippen LogP contribution in [0.5, 0.6) is 0 Å². The van der Waals surface area contributed by atoms with Gasteiger partial charge in [0, 0.05) is 26.0 Å². The molecule has 0 aliphatic heterocycles. The van der Waals surface area contributed by atoms with Crippen LogP contribution in [0, 0.1) is 5.41 Å². The summed E-state index contributed by atoms with van der Waals surface area (Å²) in [6.07, 6.45) is 2.34. The Kier molecular flexibility index (Phi) is 4.34. The number of hydrogen-bond donors (Lipinski definition) is 0.